The summed E-state index contributed by atoms with van der Waals surface area (Å²) in [5.74, 6) is -0.543. The molecule has 3 N–H and O–H groups in total. The van der Waals surface area contributed by atoms with Gasteiger partial charge in [-0.05, 0) is 53.3 Å². The van der Waals surface area contributed by atoms with Crippen molar-refractivity contribution < 1.29 is 19.4 Å². The maximum Gasteiger partial charge on any atom is 0.181 e. The van der Waals surface area contributed by atoms with Crippen molar-refractivity contribution in [1.29, 1.82) is 0 Å². The zero-order valence-corrected chi connectivity index (χ0v) is 16.8. The first-order chi connectivity index (χ1) is 11.0. The van der Waals surface area contributed by atoms with Gasteiger partial charge in [0.2, 0.25) is 0 Å². The number of anilines is 2. The summed E-state index contributed by atoms with van der Waals surface area (Å²) in [5, 5.41) is 22.6. The van der Waals surface area contributed by atoms with Crippen LogP contribution in [0.3, 0.4) is 0 Å². The smallest absolute Gasteiger partial charge is 0.181 e. The second-order valence-corrected chi connectivity index (χ2v) is 8.77. The monoisotopic (exact) mass is 463 g/mol. The molecule has 0 bridgehead atoms. The van der Waals surface area contributed by atoms with Crippen LogP contribution in [0.1, 0.15) is 47.9 Å². The molecular formula is C17H19FINO3S. The number of Topliss-reactive ketones (excluding diaryl/α,β-unsaturated/α-hetero) is 1. The van der Waals surface area contributed by atoms with Crippen LogP contribution in [-0.2, 0) is 0 Å². The van der Waals surface area contributed by atoms with Gasteiger partial charge < -0.3 is 15.5 Å². The molecule has 0 unspecified atom stereocenters. The summed E-state index contributed by atoms with van der Waals surface area (Å²) in [5.41, 5.74) is 0.320. The maximum absolute atomic E-state index is 14.1. The zero-order valence-electron chi connectivity index (χ0n) is 13.8. The largest absolute Gasteiger partial charge is 0.364 e. The molecule has 0 aliphatic heterocycles. The van der Waals surface area contributed by atoms with Gasteiger partial charge in [0.25, 0.3) is 0 Å². The fourth-order valence-corrected chi connectivity index (χ4v) is 4.05. The van der Waals surface area contributed by atoms with Crippen molar-refractivity contribution in [2.45, 2.75) is 34.0 Å². The van der Waals surface area contributed by atoms with E-state index in [0.717, 1.165) is 14.9 Å². The molecule has 2 aromatic rings. The number of benzene rings is 1. The van der Waals surface area contributed by atoms with E-state index in [1.54, 1.807) is 39.8 Å². The van der Waals surface area contributed by atoms with E-state index >= 15 is 0 Å². The molecule has 0 aliphatic rings. The normalized spacial score (nSPS) is 11.9. The third kappa shape index (κ3) is 3.96. The Morgan fingerprint density at radius 1 is 1.33 bits per heavy atom. The quantitative estimate of drug-likeness (QED) is 0.348. The zero-order chi connectivity index (χ0) is 18.2. The number of nitrogens with one attached hydrogen (secondary N) is 1. The first-order valence-electron chi connectivity index (χ1n) is 7.28. The van der Waals surface area contributed by atoms with Gasteiger partial charge in [-0.3, -0.25) is 4.79 Å². The van der Waals surface area contributed by atoms with Crippen LogP contribution in [0.2, 0.25) is 0 Å². The number of carbonyl (C=O) groups excluding carboxylic acids is 1. The van der Waals surface area contributed by atoms with Crippen molar-refractivity contribution >= 4 is 50.4 Å². The average Bonchev–Trinajstić information content (AvgIpc) is 2.76. The Labute approximate surface area is 157 Å². The molecular weight excluding hydrogens is 444 g/mol. The number of rotatable bonds is 4. The summed E-state index contributed by atoms with van der Waals surface area (Å²) in [6.07, 6.45) is -1.75. The predicted octanol–water partition coefficient (Wildman–Crippen LogP) is 4.76. The number of aliphatic hydroxyl groups excluding tert-OH is 1. The molecule has 0 aliphatic carbocycles. The molecule has 0 saturated carbocycles. The van der Waals surface area contributed by atoms with E-state index in [1.807, 2.05) is 22.6 Å². The fraction of sp³-hybridized carbons (Fsp3) is 0.353. The van der Waals surface area contributed by atoms with Crippen LogP contribution in [0.25, 0.3) is 0 Å². The van der Waals surface area contributed by atoms with Gasteiger partial charge in [-0.1, -0.05) is 20.8 Å². The van der Waals surface area contributed by atoms with Gasteiger partial charge in [0.15, 0.2) is 12.1 Å². The van der Waals surface area contributed by atoms with E-state index < -0.39 is 17.5 Å². The lowest BCUT2D eigenvalue weighted by Crippen LogP contribution is -2.20. The standard InChI is InChI=1S/C17H19FINO3S/c1-8-12(16(22)23)15(24-13(8)14(21)17(2,3)4)20-11-6-5-9(19)7-10(11)18/h5-7,16,20,22-23H,1-4H3. The van der Waals surface area contributed by atoms with Crippen LogP contribution in [0.4, 0.5) is 15.1 Å². The molecule has 0 spiro atoms. The molecule has 130 valence electrons. The first-order valence-corrected chi connectivity index (χ1v) is 9.18. The van der Waals surface area contributed by atoms with Crippen molar-refractivity contribution in [1.82, 2.24) is 0 Å². The van der Waals surface area contributed by atoms with Crippen molar-refractivity contribution in [3.63, 3.8) is 0 Å². The number of hydrogen-bond acceptors (Lipinski definition) is 5. The third-order valence-electron chi connectivity index (χ3n) is 3.52. The number of thiophene rings is 1. The molecule has 0 fully saturated rings. The molecule has 1 aromatic heterocycles. The second-order valence-electron chi connectivity index (χ2n) is 6.50. The molecule has 4 nitrogen and oxygen atoms in total. The van der Waals surface area contributed by atoms with Crippen molar-refractivity contribution in [3.8, 4) is 0 Å². The van der Waals surface area contributed by atoms with Gasteiger partial charge in [0, 0.05) is 14.5 Å². The molecule has 0 atom stereocenters. The molecule has 0 saturated heterocycles. The van der Waals surface area contributed by atoms with Crippen LogP contribution in [0, 0.1) is 21.7 Å². The topological polar surface area (TPSA) is 69.6 Å². The minimum atomic E-state index is -1.75. The van der Waals surface area contributed by atoms with E-state index in [0.29, 0.717) is 15.4 Å². The third-order valence-corrected chi connectivity index (χ3v) is 5.41. The fourth-order valence-electron chi connectivity index (χ4n) is 2.20. The number of aliphatic hydroxyl groups is 2. The highest BCUT2D eigenvalue weighted by Crippen LogP contribution is 2.41. The van der Waals surface area contributed by atoms with Gasteiger partial charge >= 0.3 is 0 Å². The number of carbonyl (C=O) groups is 1. The Balaban J connectivity index is 2.51. The van der Waals surface area contributed by atoms with E-state index in [4.69, 9.17) is 0 Å². The highest BCUT2D eigenvalue weighted by Gasteiger charge is 2.30. The van der Waals surface area contributed by atoms with Gasteiger partial charge in [0.1, 0.15) is 10.8 Å². The lowest BCUT2D eigenvalue weighted by atomic mass is 9.88. The average molecular weight is 463 g/mol. The van der Waals surface area contributed by atoms with Gasteiger partial charge in [-0.15, -0.1) is 11.3 Å². The van der Waals surface area contributed by atoms with Crippen LogP contribution >= 0.6 is 33.9 Å². The molecule has 24 heavy (non-hydrogen) atoms. The molecule has 0 radical (unpaired) electrons. The SMILES string of the molecule is Cc1c(C(=O)C(C)(C)C)sc(Nc2ccc(I)cc2F)c1C(O)O. The summed E-state index contributed by atoms with van der Waals surface area (Å²) in [6.45, 7) is 7.07. The van der Waals surface area contributed by atoms with E-state index in [2.05, 4.69) is 5.32 Å². The molecule has 1 heterocycles. The first kappa shape index (κ1) is 19.3. The highest BCUT2D eigenvalue weighted by atomic mass is 127. The predicted molar refractivity (Wildman–Crippen MR) is 102 cm³/mol. The van der Waals surface area contributed by atoms with Crippen molar-refractivity contribution in [2.24, 2.45) is 5.41 Å². The second kappa shape index (κ2) is 7.07. The Bertz CT molecular complexity index is 781. The summed E-state index contributed by atoms with van der Waals surface area (Å²) in [7, 11) is 0. The van der Waals surface area contributed by atoms with Crippen LogP contribution in [0.5, 0.6) is 0 Å². The minimum Gasteiger partial charge on any atom is -0.364 e. The van der Waals surface area contributed by atoms with Crippen LogP contribution < -0.4 is 5.32 Å². The Morgan fingerprint density at radius 3 is 2.46 bits per heavy atom. The lowest BCUT2D eigenvalue weighted by molar-refractivity contribution is -0.0420. The van der Waals surface area contributed by atoms with Crippen molar-refractivity contribution in [3.05, 3.63) is 43.6 Å². The Hall–Kier alpha value is -1.03. The van der Waals surface area contributed by atoms with E-state index in [1.165, 1.54) is 6.07 Å². The van der Waals surface area contributed by atoms with Crippen LogP contribution in [0.15, 0.2) is 18.2 Å². The number of halogens is 2. The molecule has 7 heteroatoms. The minimum absolute atomic E-state index is 0.0944. The summed E-state index contributed by atoms with van der Waals surface area (Å²) in [6, 6.07) is 4.69. The Morgan fingerprint density at radius 2 is 1.96 bits per heavy atom. The van der Waals surface area contributed by atoms with E-state index in [-0.39, 0.29) is 17.0 Å². The van der Waals surface area contributed by atoms with Crippen molar-refractivity contribution in [2.75, 3.05) is 5.32 Å². The molecule has 2 rings (SSSR count). The number of ketones is 1. The van der Waals surface area contributed by atoms with Gasteiger partial charge in [-0.25, -0.2) is 4.39 Å². The van der Waals surface area contributed by atoms with Gasteiger partial charge in [-0.2, -0.15) is 0 Å². The van der Waals surface area contributed by atoms with Gasteiger partial charge in [0.05, 0.1) is 10.6 Å². The molecule has 0 amide bonds. The summed E-state index contributed by atoms with van der Waals surface area (Å²) < 4.78 is 14.8. The maximum atomic E-state index is 14.1. The van der Waals surface area contributed by atoms with Crippen LogP contribution in [-0.4, -0.2) is 16.0 Å². The molecule has 1 aromatic carbocycles. The lowest BCUT2D eigenvalue weighted by Gasteiger charge is -2.16. The van der Waals surface area contributed by atoms with E-state index in [9.17, 15) is 19.4 Å². The highest BCUT2D eigenvalue weighted by molar-refractivity contribution is 14.1. The number of hydrogen-bond donors (Lipinski definition) is 3. The summed E-state index contributed by atoms with van der Waals surface area (Å²) in [4.78, 5) is 13.0. The Kier molecular flexibility index (Phi) is 5.68. The summed E-state index contributed by atoms with van der Waals surface area (Å²) >= 11 is 3.12.